The summed E-state index contributed by atoms with van der Waals surface area (Å²) in [5.74, 6) is -1.37. The lowest BCUT2D eigenvalue weighted by atomic mass is 10.3. The highest BCUT2D eigenvalue weighted by Gasteiger charge is 2.17. The third kappa shape index (κ3) is 2.89. The molecule has 0 bridgehead atoms. The van der Waals surface area contributed by atoms with E-state index >= 15 is 0 Å². The Hall–Kier alpha value is -3.43. The summed E-state index contributed by atoms with van der Waals surface area (Å²) in [6.45, 7) is 1.45. The normalized spacial score (nSPS) is 10.9. The van der Waals surface area contributed by atoms with Gasteiger partial charge in [0.1, 0.15) is 12.1 Å². The number of fused-ring (bicyclic) bond motifs is 1. The number of amides is 1. The molecule has 3 rings (SSSR count). The maximum absolute atomic E-state index is 12.4. The molecule has 0 fully saturated rings. The van der Waals surface area contributed by atoms with Crippen molar-refractivity contribution >= 4 is 34.4 Å². The van der Waals surface area contributed by atoms with Gasteiger partial charge in [-0.1, -0.05) is 12.1 Å². The van der Waals surface area contributed by atoms with Crippen molar-refractivity contribution in [2.45, 2.75) is 19.9 Å². The van der Waals surface area contributed by atoms with E-state index in [4.69, 9.17) is 10.2 Å². The number of nitrogens with zero attached hydrogens (tertiary/aromatic N) is 4. The minimum absolute atomic E-state index is 0.221. The van der Waals surface area contributed by atoms with Crippen LogP contribution in [0.4, 0.5) is 11.5 Å². The third-order valence-electron chi connectivity index (χ3n) is 3.28. The van der Waals surface area contributed by atoms with Crippen LogP contribution >= 0.6 is 0 Å². The van der Waals surface area contributed by atoms with Crippen molar-refractivity contribution < 1.29 is 14.0 Å². The Balaban J connectivity index is 1.85. The van der Waals surface area contributed by atoms with Gasteiger partial charge in [-0.2, -0.15) is 0 Å². The number of nitrogens with two attached hydrogens (primary N) is 1. The maximum Gasteiger partial charge on any atom is 0.426 e. The lowest BCUT2D eigenvalue weighted by Crippen LogP contribution is -2.26. The first-order valence-corrected chi connectivity index (χ1v) is 7.12. The zero-order chi connectivity index (χ0) is 17.3. The molecule has 0 aliphatic carbocycles. The van der Waals surface area contributed by atoms with E-state index in [0.29, 0.717) is 12.1 Å². The summed E-state index contributed by atoms with van der Waals surface area (Å²) < 4.78 is 7.11. The Kier molecular flexibility index (Phi) is 3.86. The summed E-state index contributed by atoms with van der Waals surface area (Å²) in [7, 11) is 0. The molecule has 0 saturated carbocycles. The van der Waals surface area contributed by atoms with Crippen molar-refractivity contribution in [1.82, 2.24) is 19.6 Å². The lowest BCUT2D eigenvalue weighted by Gasteiger charge is -2.01. The van der Waals surface area contributed by atoms with E-state index in [-0.39, 0.29) is 29.4 Å². The minimum Gasteiger partial charge on any atom is -0.407 e. The molecule has 2 heterocycles. The number of carbonyl (C=O) groups is 2. The zero-order valence-electron chi connectivity index (χ0n) is 12.7. The fraction of sp³-hybridized carbons (Fsp3) is 0.214. The standard InChI is InChI=1S/C14H14N6O4/c1-2-12(21)16-11-6-19(18-17-11)7-13(22)20-9-5-8(15)3-4-10(9)24-14(20)23/h3-6H,2,7,15H2,1H3,(H,16,21). The average Bonchev–Trinajstić information content (AvgIpc) is 3.10. The van der Waals surface area contributed by atoms with Crippen LogP contribution in [0, 0.1) is 0 Å². The second kappa shape index (κ2) is 5.99. The summed E-state index contributed by atoms with van der Waals surface area (Å²) >= 11 is 0. The predicted octanol–water partition coefficient (Wildman–Crippen LogP) is 0.457. The van der Waals surface area contributed by atoms with Gasteiger partial charge in [0.25, 0.3) is 5.91 Å². The Labute approximate surface area is 134 Å². The molecule has 0 atom stereocenters. The van der Waals surface area contributed by atoms with E-state index in [1.807, 2.05) is 0 Å². The van der Waals surface area contributed by atoms with Crippen molar-refractivity contribution in [1.29, 1.82) is 0 Å². The summed E-state index contributed by atoms with van der Waals surface area (Å²) in [6.07, 6.45) is 1.69. The van der Waals surface area contributed by atoms with E-state index in [2.05, 4.69) is 15.6 Å². The van der Waals surface area contributed by atoms with Crippen LogP contribution in [0.1, 0.15) is 18.1 Å². The van der Waals surface area contributed by atoms with Crippen LogP contribution < -0.4 is 16.8 Å². The molecule has 3 aromatic rings. The van der Waals surface area contributed by atoms with Crippen molar-refractivity contribution in [3.05, 3.63) is 34.9 Å². The number of hydrogen-bond acceptors (Lipinski definition) is 7. The van der Waals surface area contributed by atoms with Crippen molar-refractivity contribution in [3.8, 4) is 0 Å². The first-order valence-electron chi connectivity index (χ1n) is 7.12. The van der Waals surface area contributed by atoms with Crippen molar-refractivity contribution in [2.24, 2.45) is 0 Å². The van der Waals surface area contributed by atoms with Gasteiger partial charge in [-0.05, 0) is 18.2 Å². The number of rotatable bonds is 4. The predicted molar refractivity (Wildman–Crippen MR) is 84.5 cm³/mol. The van der Waals surface area contributed by atoms with Crippen LogP contribution in [0.3, 0.4) is 0 Å². The molecule has 0 radical (unpaired) electrons. The summed E-state index contributed by atoms with van der Waals surface area (Å²) in [4.78, 5) is 35.6. The molecule has 10 heteroatoms. The maximum atomic E-state index is 12.4. The van der Waals surface area contributed by atoms with E-state index in [9.17, 15) is 14.4 Å². The molecule has 1 amide bonds. The van der Waals surface area contributed by atoms with Crippen LogP contribution in [-0.2, 0) is 11.3 Å². The van der Waals surface area contributed by atoms with Crippen LogP contribution in [0.15, 0.2) is 33.6 Å². The van der Waals surface area contributed by atoms with E-state index in [1.54, 1.807) is 13.0 Å². The van der Waals surface area contributed by atoms with Gasteiger partial charge in [0.05, 0.1) is 6.20 Å². The number of oxazole rings is 1. The molecular weight excluding hydrogens is 316 g/mol. The Morgan fingerprint density at radius 1 is 1.38 bits per heavy atom. The van der Waals surface area contributed by atoms with Gasteiger partial charge in [0.15, 0.2) is 11.4 Å². The van der Waals surface area contributed by atoms with Crippen LogP contribution in [0.2, 0.25) is 0 Å². The summed E-state index contributed by atoms with van der Waals surface area (Å²) in [5.41, 5.74) is 6.62. The fourth-order valence-corrected chi connectivity index (χ4v) is 2.14. The molecule has 2 aromatic heterocycles. The summed E-state index contributed by atoms with van der Waals surface area (Å²) in [6, 6.07) is 4.57. The Morgan fingerprint density at radius 3 is 2.92 bits per heavy atom. The molecular formula is C14H14N6O4. The van der Waals surface area contributed by atoms with E-state index in [0.717, 1.165) is 4.57 Å². The molecule has 0 aliphatic heterocycles. The minimum atomic E-state index is -0.805. The van der Waals surface area contributed by atoms with E-state index < -0.39 is 11.7 Å². The second-order valence-electron chi connectivity index (χ2n) is 5.03. The van der Waals surface area contributed by atoms with Crippen LogP contribution in [0.25, 0.3) is 11.1 Å². The van der Waals surface area contributed by atoms with Gasteiger partial charge in [-0.3, -0.25) is 9.59 Å². The first-order chi connectivity index (χ1) is 11.5. The topological polar surface area (TPSA) is 138 Å². The van der Waals surface area contributed by atoms with Crippen LogP contribution in [-0.4, -0.2) is 31.4 Å². The molecule has 0 saturated heterocycles. The van der Waals surface area contributed by atoms with Gasteiger partial charge in [0.2, 0.25) is 5.91 Å². The van der Waals surface area contributed by atoms with E-state index in [1.165, 1.54) is 23.0 Å². The molecule has 10 nitrogen and oxygen atoms in total. The number of nitrogens with one attached hydrogen (secondary N) is 1. The monoisotopic (exact) mass is 330 g/mol. The molecule has 3 N–H and O–H groups in total. The molecule has 0 unspecified atom stereocenters. The first kappa shape index (κ1) is 15.5. The Morgan fingerprint density at radius 2 is 2.17 bits per heavy atom. The molecule has 0 spiro atoms. The smallest absolute Gasteiger partial charge is 0.407 e. The SMILES string of the molecule is CCC(=O)Nc1cn(CC(=O)n2c(=O)oc3ccc(N)cc32)nn1. The third-order valence-corrected chi connectivity index (χ3v) is 3.28. The highest BCUT2D eigenvalue weighted by molar-refractivity contribution is 5.90. The Bertz CT molecular complexity index is 983. The highest BCUT2D eigenvalue weighted by Crippen LogP contribution is 2.16. The van der Waals surface area contributed by atoms with Gasteiger partial charge in [-0.15, -0.1) is 5.10 Å². The van der Waals surface area contributed by atoms with Crippen LogP contribution in [0.5, 0.6) is 0 Å². The summed E-state index contributed by atoms with van der Waals surface area (Å²) in [5, 5.41) is 10.00. The number of anilines is 2. The number of nitrogen functional groups attached to an aromatic ring is 1. The highest BCUT2D eigenvalue weighted by atomic mass is 16.4. The number of benzene rings is 1. The molecule has 0 aliphatic rings. The van der Waals surface area contributed by atoms with Crippen molar-refractivity contribution in [3.63, 3.8) is 0 Å². The van der Waals surface area contributed by atoms with Gasteiger partial charge < -0.3 is 15.5 Å². The quantitative estimate of drug-likeness (QED) is 0.662. The largest absolute Gasteiger partial charge is 0.426 e. The van der Waals surface area contributed by atoms with Gasteiger partial charge in [-0.25, -0.2) is 14.0 Å². The number of carbonyl (C=O) groups excluding carboxylic acids is 2. The number of aromatic nitrogens is 4. The van der Waals surface area contributed by atoms with Gasteiger partial charge >= 0.3 is 5.76 Å². The number of hydrogen-bond donors (Lipinski definition) is 2. The fourth-order valence-electron chi connectivity index (χ4n) is 2.14. The second-order valence-corrected chi connectivity index (χ2v) is 5.03. The van der Waals surface area contributed by atoms with Gasteiger partial charge in [0, 0.05) is 12.1 Å². The molecule has 24 heavy (non-hydrogen) atoms. The molecule has 1 aromatic carbocycles. The zero-order valence-corrected chi connectivity index (χ0v) is 12.7. The molecule has 124 valence electrons. The average molecular weight is 330 g/mol. The van der Waals surface area contributed by atoms with Crippen molar-refractivity contribution in [2.75, 3.05) is 11.1 Å². The lowest BCUT2D eigenvalue weighted by molar-refractivity contribution is -0.115.